The number of benzene rings is 1. The third-order valence-corrected chi connectivity index (χ3v) is 6.05. The monoisotopic (exact) mass is 432 g/mol. The number of rotatable bonds is 4. The smallest absolute Gasteiger partial charge is 0.270 e. The van der Waals surface area contributed by atoms with Crippen LogP contribution in [0.25, 0.3) is 10.8 Å². The van der Waals surface area contributed by atoms with E-state index in [-0.39, 0.29) is 5.69 Å². The highest BCUT2D eigenvalue weighted by molar-refractivity contribution is 6.83. The van der Waals surface area contributed by atoms with Crippen molar-refractivity contribution in [3.8, 4) is 11.5 Å². The van der Waals surface area contributed by atoms with Gasteiger partial charge in [0, 0.05) is 54.8 Å². The molecule has 3 aromatic rings. The van der Waals surface area contributed by atoms with E-state index in [0.29, 0.717) is 5.92 Å². The fourth-order valence-corrected chi connectivity index (χ4v) is 4.16. The van der Waals surface area contributed by atoms with Crippen LogP contribution in [0.1, 0.15) is 17.8 Å². The quantitative estimate of drug-likeness (QED) is 0.269. The zero-order valence-electron chi connectivity index (χ0n) is 17.9. The fraction of sp³-hybridized carbons (Fsp3) is 0.364. The Hall–Kier alpha value is -3.38. The van der Waals surface area contributed by atoms with Gasteiger partial charge in [0.15, 0.2) is 5.82 Å². The van der Waals surface area contributed by atoms with Gasteiger partial charge in [-0.1, -0.05) is 25.6 Å². The van der Waals surface area contributed by atoms with Gasteiger partial charge in [-0.3, -0.25) is 10.1 Å². The van der Waals surface area contributed by atoms with Crippen molar-refractivity contribution in [1.29, 1.82) is 0 Å². The summed E-state index contributed by atoms with van der Waals surface area (Å²) in [4.78, 5) is 21.9. The maximum Gasteiger partial charge on any atom is 0.270 e. The van der Waals surface area contributed by atoms with Crippen molar-refractivity contribution in [2.24, 2.45) is 5.92 Å². The molecule has 0 amide bonds. The molecule has 1 saturated heterocycles. The number of nitro benzene ring substituents is 1. The van der Waals surface area contributed by atoms with Crippen LogP contribution < -0.4 is 4.90 Å². The first-order valence-electron chi connectivity index (χ1n) is 10.3. The summed E-state index contributed by atoms with van der Waals surface area (Å²) in [5.41, 5.74) is 4.25. The second-order valence-electron chi connectivity index (χ2n) is 8.89. The Morgan fingerprint density at radius 3 is 2.71 bits per heavy atom. The molecule has 158 valence electrons. The molecule has 8 nitrogen and oxygen atoms in total. The Morgan fingerprint density at radius 2 is 2.00 bits per heavy atom. The molecule has 3 heterocycles. The van der Waals surface area contributed by atoms with E-state index in [1.807, 2.05) is 12.4 Å². The minimum absolute atomic E-state index is 0.0564. The predicted molar refractivity (Wildman–Crippen MR) is 122 cm³/mol. The topological polar surface area (TPSA) is 97.9 Å². The summed E-state index contributed by atoms with van der Waals surface area (Å²) < 4.78 is 0. The van der Waals surface area contributed by atoms with Crippen LogP contribution in [0.3, 0.4) is 0 Å². The lowest BCUT2D eigenvalue weighted by molar-refractivity contribution is -0.384. The molecule has 1 atom stereocenters. The normalized spacial score (nSPS) is 16.2. The fourth-order valence-electron chi connectivity index (χ4n) is 3.64. The molecule has 9 heteroatoms. The molecule has 0 bridgehead atoms. The zero-order chi connectivity index (χ0) is 22.0. The van der Waals surface area contributed by atoms with Crippen LogP contribution in [0.2, 0.25) is 19.6 Å². The van der Waals surface area contributed by atoms with E-state index in [1.165, 1.54) is 6.07 Å². The average Bonchev–Trinajstić information content (AvgIpc) is 3.20. The van der Waals surface area contributed by atoms with E-state index in [2.05, 4.69) is 56.2 Å². The zero-order valence-corrected chi connectivity index (χ0v) is 18.9. The van der Waals surface area contributed by atoms with Crippen LogP contribution in [-0.4, -0.2) is 46.3 Å². The largest absolute Gasteiger partial charge is 0.354 e. The summed E-state index contributed by atoms with van der Waals surface area (Å²) in [6, 6.07) is 4.82. The number of nitro groups is 1. The molecule has 4 rings (SSSR count). The maximum atomic E-state index is 11.0. The van der Waals surface area contributed by atoms with E-state index in [0.717, 1.165) is 53.9 Å². The number of hydrogen-bond donors (Lipinski definition) is 0. The molecule has 31 heavy (non-hydrogen) atoms. The Morgan fingerprint density at radius 1 is 1.23 bits per heavy atom. The van der Waals surface area contributed by atoms with E-state index in [9.17, 15) is 10.1 Å². The van der Waals surface area contributed by atoms with Crippen molar-refractivity contribution in [2.75, 3.05) is 18.0 Å². The first-order valence-corrected chi connectivity index (χ1v) is 13.8. The van der Waals surface area contributed by atoms with E-state index in [1.54, 1.807) is 18.3 Å². The van der Waals surface area contributed by atoms with Gasteiger partial charge in [0.05, 0.1) is 16.7 Å². The number of anilines is 1. The molecule has 0 unspecified atom stereocenters. The minimum atomic E-state index is -1.42. The van der Waals surface area contributed by atoms with Gasteiger partial charge < -0.3 is 4.90 Å². The molecule has 0 saturated carbocycles. The van der Waals surface area contributed by atoms with Crippen LogP contribution in [0, 0.1) is 27.5 Å². The molecule has 1 fully saturated rings. The van der Waals surface area contributed by atoms with Gasteiger partial charge in [-0.15, -0.1) is 10.6 Å². The van der Waals surface area contributed by atoms with Crippen LogP contribution in [0.15, 0.2) is 36.8 Å². The van der Waals surface area contributed by atoms with E-state index in [4.69, 9.17) is 0 Å². The first-order chi connectivity index (χ1) is 14.8. The summed E-state index contributed by atoms with van der Waals surface area (Å²) in [5.74, 6) is 5.19. The SMILES string of the molecule is C[Si](C)(C)C#Cc1cnc(C[C@@H]2CCN(c3nncc4cc([N+](=O)[O-])ccc34)C2)nc1. The molecular weight excluding hydrogens is 408 g/mol. The van der Waals surface area contributed by atoms with Crippen LogP contribution >= 0.6 is 0 Å². The lowest BCUT2D eigenvalue weighted by atomic mass is 10.0. The van der Waals surface area contributed by atoms with Crippen LogP contribution in [-0.2, 0) is 6.42 Å². The van der Waals surface area contributed by atoms with Gasteiger partial charge in [0.25, 0.3) is 5.69 Å². The van der Waals surface area contributed by atoms with Gasteiger partial charge >= 0.3 is 0 Å². The number of hydrogen-bond acceptors (Lipinski definition) is 7. The summed E-state index contributed by atoms with van der Waals surface area (Å²) in [5, 5.41) is 21.0. The lowest BCUT2D eigenvalue weighted by Crippen LogP contribution is -2.22. The molecular formula is C22H24N6O2Si. The van der Waals surface area contributed by atoms with Crippen molar-refractivity contribution >= 4 is 30.4 Å². The number of fused-ring (bicyclic) bond motifs is 1. The van der Waals surface area contributed by atoms with E-state index >= 15 is 0 Å². The highest BCUT2D eigenvalue weighted by atomic mass is 28.3. The summed E-state index contributed by atoms with van der Waals surface area (Å²) in [6.45, 7) is 8.31. The van der Waals surface area contributed by atoms with E-state index < -0.39 is 13.0 Å². The summed E-state index contributed by atoms with van der Waals surface area (Å²) in [7, 11) is -1.42. The van der Waals surface area contributed by atoms with Crippen LogP contribution in [0.5, 0.6) is 0 Å². The second kappa shape index (κ2) is 8.39. The summed E-state index contributed by atoms with van der Waals surface area (Å²) in [6.07, 6.45) is 6.99. The standard InChI is InChI=1S/C22H24N6O2Si/c1-31(2,3)9-7-17-12-23-21(24-13-17)10-16-6-8-27(15-16)22-20-5-4-19(28(29)30)11-18(20)14-25-26-22/h4-5,11-14,16H,6,8,10,15H2,1-3H3/t16-/m0/s1. The molecule has 2 aromatic heterocycles. The van der Waals surface area contributed by atoms with Gasteiger partial charge in [-0.05, 0) is 18.4 Å². The Bertz CT molecular complexity index is 1180. The van der Waals surface area contributed by atoms with Gasteiger partial charge in [0.2, 0.25) is 0 Å². The molecule has 1 aliphatic rings. The summed E-state index contributed by atoms with van der Waals surface area (Å²) >= 11 is 0. The third kappa shape index (κ3) is 5.03. The Labute approximate surface area is 181 Å². The van der Waals surface area contributed by atoms with Crippen LogP contribution in [0.4, 0.5) is 11.5 Å². The highest BCUT2D eigenvalue weighted by Crippen LogP contribution is 2.31. The number of nitrogens with zero attached hydrogens (tertiary/aromatic N) is 6. The van der Waals surface area contributed by atoms with Crippen molar-refractivity contribution in [3.63, 3.8) is 0 Å². The molecule has 0 spiro atoms. The van der Waals surface area contributed by atoms with Gasteiger partial charge in [0.1, 0.15) is 13.9 Å². The van der Waals surface area contributed by atoms with Crippen molar-refractivity contribution in [1.82, 2.24) is 20.2 Å². The molecule has 1 aliphatic heterocycles. The second-order valence-corrected chi connectivity index (χ2v) is 13.6. The van der Waals surface area contributed by atoms with Crippen molar-refractivity contribution in [3.05, 3.63) is 58.3 Å². The maximum absolute atomic E-state index is 11.0. The third-order valence-electron chi connectivity index (χ3n) is 5.18. The average molecular weight is 433 g/mol. The lowest BCUT2D eigenvalue weighted by Gasteiger charge is -2.18. The molecule has 0 aliphatic carbocycles. The number of non-ortho nitro benzene ring substituents is 1. The number of aromatic nitrogens is 4. The van der Waals surface area contributed by atoms with Gasteiger partial charge in [-0.25, -0.2) is 9.97 Å². The minimum Gasteiger partial charge on any atom is -0.354 e. The van der Waals surface area contributed by atoms with Gasteiger partial charge in [-0.2, -0.15) is 5.10 Å². The first kappa shape index (κ1) is 20.9. The molecule has 0 radical (unpaired) electrons. The Kier molecular flexibility index (Phi) is 5.65. The molecule has 0 N–H and O–H groups in total. The Balaban J connectivity index is 1.45. The highest BCUT2D eigenvalue weighted by Gasteiger charge is 2.26. The van der Waals surface area contributed by atoms with Crippen molar-refractivity contribution < 1.29 is 4.92 Å². The van der Waals surface area contributed by atoms with Crippen molar-refractivity contribution in [2.45, 2.75) is 32.5 Å². The molecule has 1 aromatic carbocycles. The predicted octanol–water partition coefficient (Wildman–Crippen LogP) is 3.63.